The van der Waals surface area contributed by atoms with Gasteiger partial charge < -0.3 is 25.4 Å². The second kappa shape index (κ2) is 7.22. The molecule has 0 aromatic heterocycles. The summed E-state index contributed by atoms with van der Waals surface area (Å²) in [5.41, 5.74) is 1.93. The molecule has 21 heavy (non-hydrogen) atoms. The summed E-state index contributed by atoms with van der Waals surface area (Å²) in [4.78, 5) is 0. The minimum Gasteiger partial charge on any atom is -0.491 e. The van der Waals surface area contributed by atoms with E-state index < -0.39 is 18.3 Å². The number of aliphatic hydroxyl groups excluding tert-OH is 3. The zero-order valence-electron chi connectivity index (χ0n) is 12.6. The van der Waals surface area contributed by atoms with Gasteiger partial charge in [0.25, 0.3) is 0 Å². The molecule has 0 aliphatic heterocycles. The van der Waals surface area contributed by atoms with E-state index in [0.717, 1.165) is 11.1 Å². The number of hydrogen-bond acceptors (Lipinski definition) is 5. The van der Waals surface area contributed by atoms with Gasteiger partial charge in [-0.3, -0.25) is 0 Å². The Bertz CT molecular complexity index is 464. The first-order chi connectivity index (χ1) is 9.97. The lowest BCUT2D eigenvalue weighted by Gasteiger charge is -2.27. The van der Waals surface area contributed by atoms with E-state index in [-0.39, 0.29) is 6.61 Å². The molecule has 0 spiro atoms. The first kappa shape index (κ1) is 16.2. The Morgan fingerprint density at radius 1 is 1.24 bits per heavy atom. The van der Waals surface area contributed by atoms with E-state index in [9.17, 15) is 15.3 Å². The molecule has 0 radical (unpaired) electrons. The van der Waals surface area contributed by atoms with Crippen molar-refractivity contribution in [3.05, 3.63) is 29.3 Å². The van der Waals surface area contributed by atoms with E-state index in [1.165, 1.54) is 0 Å². The average molecular weight is 295 g/mol. The predicted molar refractivity (Wildman–Crippen MR) is 80.5 cm³/mol. The van der Waals surface area contributed by atoms with Gasteiger partial charge in [-0.05, 0) is 11.6 Å². The number of hydrogen-bond donors (Lipinski definition) is 4. The van der Waals surface area contributed by atoms with Crippen LogP contribution in [-0.4, -0.2) is 52.8 Å². The summed E-state index contributed by atoms with van der Waals surface area (Å²) < 4.78 is 5.70. The van der Waals surface area contributed by atoms with E-state index >= 15 is 0 Å². The molecule has 3 atom stereocenters. The number of nitrogens with one attached hydrogen (secondary N) is 1. The number of benzene rings is 1. The van der Waals surface area contributed by atoms with Gasteiger partial charge in [0.1, 0.15) is 18.5 Å². The lowest BCUT2D eigenvalue weighted by atomic mass is 9.87. The summed E-state index contributed by atoms with van der Waals surface area (Å²) in [5, 5.41) is 32.6. The Labute approximate surface area is 125 Å². The first-order valence-electron chi connectivity index (χ1n) is 7.48. The summed E-state index contributed by atoms with van der Waals surface area (Å²) in [5.74, 6) is 0.682. The van der Waals surface area contributed by atoms with Crippen molar-refractivity contribution in [2.75, 3.05) is 13.2 Å². The molecule has 1 aliphatic carbocycles. The maximum Gasteiger partial charge on any atom is 0.123 e. The summed E-state index contributed by atoms with van der Waals surface area (Å²) in [6, 6.07) is 5.97. The molecule has 0 fully saturated rings. The maximum atomic E-state index is 9.88. The molecule has 0 saturated heterocycles. The first-order valence-corrected chi connectivity index (χ1v) is 7.48. The van der Waals surface area contributed by atoms with Crippen LogP contribution in [0, 0.1) is 0 Å². The highest BCUT2D eigenvalue weighted by Crippen LogP contribution is 2.30. The third kappa shape index (κ3) is 4.41. The minimum atomic E-state index is -0.755. The summed E-state index contributed by atoms with van der Waals surface area (Å²) in [6.07, 6.45) is -1.23. The van der Waals surface area contributed by atoms with Crippen LogP contribution in [0.15, 0.2) is 18.2 Å². The number of rotatable bonds is 6. The molecule has 5 heteroatoms. The fourth-order valence-electron chi connectivity index (χ4n) is 2.49. The minimum absolute atomic E-state index is 0.203. The maximum absolute atomic E-state index is 9.88. The van der Waals surface area contributed by atoms with Crippen LogP contribution < -0.4 is 10.1 Å². The second-order valence-electron chi connectivity index (χ2n) is 5.96. The topological polar surface area (TPSA) is 82.0 Å². The summed E-state index contributed by atoms with van der Waals surface area (Å²) in [7, 11) is 0. The van der Waals surface area contributed by atoms with Crippen molar-refractivity contribution in [3.63, 3.8) is 0 Å². The van der Waals surface area contributed by atoms with Gasteiger partial charge in [0.15, 0.2) is 0 Å². The highest BCUT2D eigenvalue weighted by atomic mass is 16.5. The molecule has 1 aromatic carbocycles. The number of ether oxygens (including phenoxy) is 1. The smallest absolute Gasteiger partial charge is 0.123 e. The van der Waals surface area contributed by atoms with E-state index in [0.29, 0.717) is 31.2 Å². The summed E-state index contributed by atoms with van der Waals surface area (Å²) >= 11 is 0. The Balaban J connectivity index is 1.97. The molecule has 2 rings (SSSR count). The molecule has 0 saturated carbocycles. The Hall–Kier alpha value is -1.14. The van der Waals surface area contributed by atoms with Crippen LogP contribution in [0.4, 0.5) is 0 Å². The van der Waals surface area contributed by atoms with E-state index in [2.05, 4.69) is 5.32 Å². The fraction of sp³-hybridized carbons (Fsp3) is 0.625. The van der Waals surface area contributed by atoms with Crippen LogP contribution >= 0.6 is 0 Å². The van der Waals surface area contributed by atoms with Crippen molar-refractivity contribution in [2.45, 2.75) is 51.0 Å². The zero-order chi connectivity index (χ0) is 15.4. The van der Waals surface area contributed by atoms with Crippen molar-refractivity contribution in [1.82, 2.24) is 5.32 Å². The number of aliphatic hydroxyl groups is 3. The van der Waals surface area contributed by atoms with Crippen molar-refractivity contribution in [3.8, 4) is 5.75 Å². The van der Waals surface area contributed by atoms with Gasteiger partial charge in [-0.1, -0.05) is 26.0 Å². The Morgan fingerprint density at radius 2 is 1.95 bits per heavy atom. The van der Waals surface area contributed by atoms with Crippen LogP contribution in [0.3, 0.4) is 0 Å². The molecule has 0 amide bonds. The second-order valence-corrected chi connectivity index (χ2v) is 5.96. The normalized spacial score (nSPS) is 23.0. The molecule has 1 aliphatic rings. The molecular weight excluding hydrogens is 270 g/mol. The molecule has 0 bridgehead atoms. The SMILES string of the molecule is CC(C)NCC(O)COc1cccc2c1CC(O)C(O)C2. The molecule has 118 valence electrons. The predicted octanol–water partition coefficient (Wildman–Crippen LogP) is 0.245. The Kier molecular flexibility index (Phi) is 5.58. The van der Waals surface area contributed by atoms with E-state index in [1.54, 1.807) is 0 Å². The van der Waals surface area contributed by atoms with Crippen molar-refractivity contribution < 1.29 is 20.1 Å². The van der Waals surface area contributed by atoms with Gasteiger partial charge in [-0.2, -0.15) is 0 Å². The van der Waals surface area contributed by atoms with Gasteiger partial charge in [0, 0.05) is 31.0 Å². The van der Waals surface area contributed by atoms with Gasteiger partial charge in [-0.25, -0.2) is 0 Å². The highest BCUT2D eigenvalue weighted by molar-refractivity contribution is 5.43. The lowest BCUT2D eigenvalue weighted by Crippen LogP contribution is -2.36. The summed E-state index contributed by atoms with van der Waals surface area (Å²) in [6.45, 7) is 4.73. The monoisotopic (exact) mass is 295 g/mol. The largest absolute Gasteiger partial charge is 0.491 e. The Morgan fingerprint density at radius 3 is 2.67 bits per heavy atom. The molecule has 0 heterocycles. The average Bonchev–Trinajstić information content (AvgIpc) is 2.44. The fourth-order valence-corrected chi connectivity index (χ4v) is 2.49. The molecule has 3 unspecified atom stereocenters. The third-order valence-corrected chi connectivity index (χ3v) is 3.71. The lowest BCUT2D eigenvalue weighted by molar-refractivity contribution is 0.0132. The standard InChI is InChI=1S/C16H25NO4/c1-10(2)17-8-12(18)9-21-16-5-3-4-11-6-14(19)15(20)7-13(11)16/h3-5,10,12,14-15,17-20H,6-9H2,1-2H3. The van der Waals surface area contributed by atoms with Gasteiger partial charge >= 0.3 is 0 Å². The van der Waals surface area contributed by atoms with Crippen LogP contribution in [0.25, 0.3) is 0 Å². The molecule has 5 nitrogen and oxygen atoms in total. The zero-order valence-corrected chi connectivity index (χ0v) is 12.6. The van der Waals surface area contributed by atoms with Crippen molar-refractivity contribution >= 4 is 0 Å². The van der Waals surface area contributed by atoms with Gasteiger partial charge in [0.05, 0.1) is 12.2 Å². The van der Waals surface area contributed by atoms with Gasteiger partial charge in [-0.15, -0.1) is 0 Å². The van der Waals surface area contributed by atoms with Crippen LogP contribution in [0.5, 0.6) is 5.75 Å². The molecular formula is C16H25NO4. The third-order valence-electron chi connectivity index (χ3n) is 3.71. The van der Waals surface area contributed by atoms with Crippen LogP contribution in [0.1, 0.15) is 25.0 Å². The van der Waals surface area contributed by atoms with Gasteiger partial charge in [0.2, 0.25) is 0 Å². The van der Waals surface area contributed by atoms with Crippen LogP contribution in [0.2, 0.25) is 0 Å². The quantitative estimate of drug-likeness (QED) is 0.605. The van der Waals surface area contributed by atoms with Crippen molar-refractivity contribution in [1.29, 1.82) is 0 Å². The molecule has 4 N–H and O–H groups in total. The molecule has 1 aromatic rings. The van der Waals surface area contributed by atoms with E-state index in [4.69, 9.17) is 4.74 Å². The number of fused-ring (bicyclic) bond motifs is 1. The van der Waals surface area contributed by atoms with Crippen LogP contribution in [-0.2, 0) is 12.8 Å². The van der Waals surface area contributed by atoms with E-state index in [1.807, 2.05) is 32.0 Å². The van der Waals surface area contributed by atoms with Crippen molar-refractivity contribution in [2.24, 2.45) is 0 Å². The highest BCUT2D eigenvalue weighted by Gasteiger charge is 2.27.